The maximum atomic E-state index is 6.09. The lowest BCUT2D eigenvalue weighted by Crippen LogP contribution is -2.03. The average molecular weight is 266 g/mol. The molecule has 0 aliphatic heterocycles. The summed E-state index contributed by atoms with van der Waals surface area (Å²) in [6, 6.07) is 19.9. The molecule has 20 heavy (non-hydrogen) atoms. The van der Waals surface area contributed by atoms with Crippen LogP contribution in [0.25, 0.3) is 5.70 Å². The van der Waals surface area contributed by atoms with Crippen molar-refractivity contribution in [1.82, 2.24) is 0 Å². The minimum absolute atomic E-state index is 0.722. The average Bonchev–Trinajstić information content (AvgIpc) is 2.56. The molecule has 0 atom stereocenters. The first-order chi connectivity index (χ1) is 9.81. The summed E-state index contributed by atoms with van der Waals surface area (Å²) in [6.07, 6.45) is 1.91. The predicted molar refractivity (Wildman–Crippen MR) is 88.9 cm³/mol. The third-order valence-electron chi connectivity index (χ3n) is 2.71. The molecule has 0 aromatic heterocycles. The number of allylic oxidation sites excluding steroid dienone is 1. The molecule has 0 bridgehead atoms. The number of aliphatic imine (C=N–C) groups is 1. The van der Waals surface area contributed by atoms with Crippen molar-refractivity contribution >= 4 is 11.4 Å². The lowest BCUT2D eigenvalue weighted by atomic mass is 10.1. The fourth-order valence-corrected chi connectivity index (χ4v) is 1.75. The van der Waals surface area contributed by atoms with Gasteiger partial charge in [0.2, 0.25) is 0 Å². The van der Waals surface area contributed by atoms with E-state index in [1.807, 2.05) is 80.6 Å². The zero-order chi connectivity index (χ0) is 14.8. The third kappa shape index (κ3) is 4.39. The maximum Gasteiger partial charge on any atom is 0.0663 e. The molecule has 2 aromatic rings. The molecule has 0 saturated carbocycles. The fraction of sp³-hybridized carbons (Fsp3) is 0.167. The Kier molecular flexibility index (Phi) is 6.83. The van der Waals surface area contributed by atoms with Gasteiger partial charge in [0.05, 0.1) is 5.71 Å². The summed E-state index contributed by atoms with van der Waals surface area (Å²) >= 11 is 0. The van der Waals surface area contributed by atoms with E-state index in [-0.39, 0.29) is 0 Å². The van der Waals surface area contributed by atoms with Crippen molar-refractivity contribution in [2.24, 2.45) is 10.7 Å². The van der Waals surface area contributed by atoms with E-state index in [4.69, 9.17) is 5.73 Å². The second kappa shape index (κ2) is 8.70. The molecule has 0 radical (unpaired) electrons. The molecule has 2 aromatic carbocycles. The van der Waals surface area contributed by atoms with Gasteiger partial charge < -0.3 is 5.73 Å². The van der Waals surface area contributed by atoms with Gasteiger partial charge in [-0.1, -0.05) is 74.5 Å². The van der Waals surface area contributed by atoms with Crippen molar-refractivity contribution in [3.8, 4) is 0 Å². The summed E-state index contributed by atoms with van der Waals surface area (Å²) in [7, 11) is 1.77. The summed E-state index contributed by atoms with van der Waals surface area (Å²) in [5.41, 5.74) is 9.77. The molecule has 0 saturated heterocycles. The second-order valence-electron chi connectivity index (χ2n) is 3.94. The van der Waals surface area contributed by atoms with E-state index in [1.165, 1.54) is 0 Å². The van der Waals surface area contributed by atoms with E-state index >= 15 is 0 Å². The Morgan fingerprint density at radius 1 is 0.850 bits per heavy atom. The molecule has 0 aliphatic rings. The van der Waals surface area contributed by atoms with Gasteiger partial charge >= 0.3 is 0 Å². The van der Waals surface area contributed by atoms with Gasteiger partial charge in [0, 0.05) is 12.7 Å². The summed E-state index contributed by atoms with van der Waals surface area (Å²) < 4.78 is 0. The molecule has 0 amide bonds. The van der Waals surface area contributed by atoms with Gasteiger partial charge in [0.25, 0.3) is 0 Å². The summed E-state index contributed by atoms with van der Waals surface area (Å²) in [6.45, 7) is 4.00. The highest BCUT2D eigenvalue weighted by molar-refractivity contribution is 6.11. The Labute approximate surface area is 121 Å². The molecule has 104 valence electrons. The first-order valence-corrected chi connectivity index (χ1v) is 6.86. The normalized spacial score (nSPS) is 11.6. The highest BCUT2D eigenvalue weighted by atomic mass is 14.7. The number of benzene rings is 2. The highest BCUT2D eigenvalue weighted by Gasteiger charge is 2.01. The van der Waals surface area contributed by atoms with Crippen LogP contribution in [0, 0.1) is 0 Å². The minimum atomic E-state index is 0.722. The van der Waals surface area contributed by atoms with Crippen LogP contribution in [0.15, 0.2) is 71.7 Å². The number of rotatable bonds is 3. The molecule has 0 spiro atoms. The van der Waals surface area contributed by atoms with Gasteiger partial charge in [0.1, 0.15) is 0 Å². The van der Waals surface area contributed by atoms with Crippen LogP contribution in [0.1, 0.15) is 25.0 Å². The second-order valence-corrected chi connectivity index (χ2v) is 3.94. The Balaban J connectivity index is 0.000000956. The summed E-state index contributed by atoms with van der Waals surface area (Å²) in [5, 5.41) is 0. The molecule has 2 nitrogen and oxygen atoms in total. The zero-order valence-corrected chi connectivity index (χ0v) is 12.4. The first-order valence-electron chi connectivity index (χ1n) is 6.86. The van der Waals surface area contributed by atoms with Crippen molar-refractivity contribution in [1.29, 1.82) is 0 Å². The predicted octanol–water partition coefficient (Wildman–Crippen LogP) is 4.13. The SMILES string of the molecule is CC.CN=C(/C=C(\N)c1ccccc1)c1ccccc1. The minimum Gasteiger partial charge on any atom is -0.398 e. The van der Waals surface area contributed by atoms with Crippen molar-refractivity contribution in [3.63, 3.8) is 0 Å². The smallest absolute Gasteiger partial charge is 0.0663 e. The third-order valence-corrected chi connectivity index (χ3v) is 2.71. The van der Waals surface area contributed by atoms with Crippen LogP contribution in [-0.4, -0.2) is 12.8 Å². The van der Waals surface area contributed by atoms with Gasteiger partial charge in [0.15, 0.2) is 0 Å². The van der Waals surface area contributed by atoms with Gasteiger partial charge in [-0.2, -0.15) is 0 Å². The van der Waals surface area contributed by atoms with Crippen molar-refractivity contribution in [2.45, 2.75) is 13.8 Å². The van der Waals surface area contributed by atoms with Crippen molar-refractivity contribution < 1.29 is 0 Å². The van der Waals surface area contributed by atoms with Crippen LogP contribution in [0.3, 0.4) is 0 Å². The molecule has 0 aliphatic carbocycles. The van der Waals surface area contributed by atoms with Crippen LogP contribution >= 0.6 is 0 Å². The largest absolute Gasteiger partial charge is 0.398 e. The molecule has 2 heteroatoms. The number of hydrogen-bond donors (Lipinski definition) is 1. The van der Waals surface area contributed by atoms with Crippen molar-refractivity contribution in [2.75, 3.05) is 7.05 Å². The van der Waals surface area contributed by atoms with E-state index in [0.717, 1.165) is 22.5 Å². The van der Waals surface area contributed by atoms with Crippen molar-refractivity contribution in [3.05, 3.63) is 77.9 Å². The van der Waals surface area contributed by atoms with Gasteiger partial charge in [-0.05, 0) is 17.2 Å². The van der Waals surface area contributed by atoms with Crippen LogP contribution in [0.2, 0.25) is 0 Å². The molecule has 2 rings (SSSR count). The van der Waals surface area contributed by atoms with Gasteiger partial charge in [-0.25, -0.2) is 0 Å². The van der Waals surface area contributed by atoms with E-state index in [1.54, 1.807) is 7.05 Å². The topological polar surface area (TPSA) is 38.4 Å². The fourth-order valence-electron chi connectivity index (χ4n) is 1.75. The van der Waals surface area contributed by atoms with Crippen LogP contribution in [0.4, 0.5) is 0 Å². The molecule has 0 unspecified atom stereocenters. The van der Waals surface area contributed by atoms with Gasteiger partial charge in [-0.3, -0.25) is 4.99 Å². The Bertz CT molecular complexity index is 554. The van der Waals surface area contributed by atoms with Crippen LogP contribution in [0.5, 0.6) is 0 Å². The monoisotopic (exact) mass is 266 g/mol. The zero-order valence-electron chi connectivity index (χ0n) is 12.4. The highest BCUT2D eigenvalue weighted by Crippen LogP contribution is 2.10. The molecule has 0 fully saturated rings. The number of hydrogen-bond acceptors (Lipinski definition) is 2. The molecular weight excluding hydrogens is 244 g/mol. The standard InChI is InChI=1S/C16H16N2.C2H6/c1-18-16(14-10-6-3-7-11-14)12-15(17)13-8-4-2-5-9-13;1-2/h2-12H,17H2,1H3;1-2H3/b15-12-,18-16?;. The maximum absolute atomic E-state index is 6.09. The van der Waals surface area contributed by atoms with E-state index < -0.39 is 0 Å². The summed E-state index contributed by atoms with van der Waals surface area (Å²) in [4.78, 5) is 4.28. The van der Waals surface area contributed by atoms with E-state index in [2.05, 4.69) is 4.99 Å². The molecule has 2 N–H and O–H groups in total. The Hall–Kier alpha value is -2.35. The lowest BCUT2D eigenvalue weighted by molar-refractivity contribution is 1.43. The van der Waals surface area contributed by atoms with Gasteiger partial charge in [-0.15, -0.1) is 0 Å². The Morgan fingerprint density at radius 2 is 1.30 bits per heavy atom. The van der Waals surface area contributed by atoms with Crippen LogP contribution < -0.4 is 5.73 Å². The van der Waals surface area contributed by atoms with E-state index in [0.29, 0.717) is 0 Å². The number of nitrogens with zero attached hydrogens (tertiary/aromatic N) is 1. The van der Waals surface area contributed by atoms with Crippen LogP contribution in [-0.2, 0) is 0 Å². The quantitative estimate of drug-likeness (QED) is 0.833. The summed E-state index contributed by atoms with van der Waals surface area (Å²) in [5.74, 6) is 0. The lowest BCUT2D eigenvalue weighted by Gasteiger charge is -2.04. The Morgan fingerprint density at radius 3 is 1.75 bits per heavy atom. The molecule has 0 heterocycles. The first kappa shape index (κ1) is 15.7. The number of nitrogens with two attached hydrogens (primary N) is 1. The molecular formula is C18H22N2. The van der Waals surface area contributed by atoms with E-state index in [9.17, 15) is 0 Å².